The van der Waals surface area contributed by atoms with Gasteiger partial charge in [-0.25, -0.2) is 4.79 Å². The molecule has 0 aliphatic carbocycles. The van der Waals surface area contributed by atoms with E-state index in [0.717, 1.165) is 16.7 Å². The summed E-state index contributed by atoms with van der Waals surface area (Å²) in [5, 5.41) is 14.1. The molecule has 0 fully saturated rings. The van der Waals surface area contributed by atoms with Gasteiger partial charge in [0.05, 0.1) is 25.5 Å². The Hall–Kier alpha value is -2.77. The molecule has 150 valence electrons. The molecule has 2 aromatic heterocycles. The van der Waals surface area contributed by atoms with Gasteiger partial charge in [-0.05, 0) is 43.2 Å². The van der Waals surface area contributed by atoms with Crippen molar-refractivity contribution in [2.24, 2.45) is 0 Å². The first-order chi connectivity index (χ1) is 13.0. The molecule has 1 aromatic carbocycles. The summed E-state index contributed by atoms with van der Waals surface area (Å²) in [6, 6.07) is 6.92. The lowest BCUT2D eigenvalue weighted by Crippen LogP contribution is -2.16. The normalized spacial score (nSPS) is 10.6. The third-order valence-corrected chi connectivity index (χ3v) is 4.52. The second-order valence-corrected chi connectivity index (χ2v) is 6.19. The first-order valence-electron chi connectivity index (χ1n) is 8.58. The lowest BCUT2D eigenvalue weighted by Gasteiger charge is -2.12. The first-order valence-corrected chi connectivity index (χ1v) is 8.58. The first kappa shape index (κ1) is 21.5. The minimum atomic E-state index is -0.512. The number of ether oxygens (including phenoxy) is 1. The number of esters is 1. The highest BCUT2D eigenvalue weighted by molar-refractivity contribution is 5.86. The molecule has 7 nitrogen and oxygen atoms in total. The highest BCUT2D eigenvalue weighted by atomic mass is 35.5. The fraction of sp³-hybridized carbons (Fsp3) is 0.300. The van der Waals surface area contributed by atoms with E-state index in [2.05, 4.69) is 10.1 Å². The van der Waals surface area contributed by atoms with E-state index in [-0.39, 0.29) is 37.0 Å². The van der Waals surface area contributed by atoms with E-state index in [1.807, 2.05) is 13.0 Å². The van der Waals surface area contributed by atoms with Crippen molar-refractivity contribution in [3.05, 3.63) is 63.4 Å². The van der Waals surface area contributed by atoms with Gasteiger partial charge in [-0.3, -0.25) is 4.79 Å². The van der Waals surface area contributed by atoms with Crippen molar-refractivity contribution in [3.63, 3.8) is 0 Å². The molecule has 0 radical (unpaired) electrons. The number of aryl methyl sites for hydroxylation is 1. The van der Waals surface area contributed by atoms with Crippen LogP contribution in [0.5, 0.6) is 5.75 Å². The minimum absolute atomic E-state index is 0. The van der Waals surface area contributed by atoms with E-state index in [9.17, 15) is 14.7 Å². The number of carbonyl (C=O) groups is 1. The fourth-order valence-corrected chi connectivity index (χ4v) is 3.01. The van der Waals surface area contributed by atoms with Crippen molar-refractivity contribution in [3.8, 4) is 5.75 Å². The maximum absolute atomic E-state index is 12.4. The fourth-order valence-electron chi connectivity index (χ4n) is 3.01. The lowest BCUT2D eigenvalue weighted by atomic mass is 10.00. The van der Waals surface area contributed by atoms with Crippen LogP contribution in [0.25, 0.3) is 11.0 Å². The Bertz CT molecular complexity index is 1010. The molecule has 0 bridgehead atoms. The van der Waals surface area contributed by atoms with Gasteiger partial charge in [-0.1, -0.05) is 0 Å². The number of phenolic OH excluding ortho intramolecular Hbond substituents is 1. The van der Waals surface area contributed by atoms with Gasteiger partial charge in [0.25, 0.3) is 0 Å². The molecule has 8 heteroatoms. The van der Waals surface area contributed by atoms with Crippen LogP contribution in [-0.4, -0.2) is 18.2 Å². The van der Waals surface area contributed by atoms with E-state index >= 15 is 0 Å². The molecule has 0 saturated heterocycles. The van der Waals surface area contributed by atoms with Crippen LogP contribution >= 0.6 is 12.4 Å². The Labute approximate surface area is 167 Å². The van der Waals surface area contributed by atoms with Crippen LogP contribution in [0, 0.1) is 6.92 Å². The Balaban J connectivity index is 0.00000280. The second kappa shape index (κ2) is 9.43. The predicted molar refractivity (Wildman–Crippen MR) is 106 cm³/mol. The minimum Gasteiger partial charge on any atom is -0.507 e. The number of nitrogens with one attached hydrogen (secondary N) is 1. The summed E-state index contributed by atoms with van der Waals surface area (Å²) < 4.78 is 15.4. The Morgan fingerprint density at radius 3 is 2.68 bits per heavy atom. The average Bonchev–Trinajstić information content (AvgIpc) is 3.16. The number of hydrogen-bond donors (Lipinski definition) is 2. The molecule has 0 amide bonds. The van der Waals surface area contributed by atoms with Gasteiger partial charge in [-0.15, -0.1) is 12.4 Å². The van der Waals surface area contributed by atoms with Gasteiger partial charge in [0, 0.05) is 23.9 Å². The summed E-state index contributed by atoms with van der Waals surface area (Å²) in [5.41, 5.74) is 1.50. The van der Waals surface area contributed by atoms with Gasteiger partial charge >= 0.3 is 11.6 Å². The van der Waals surface area contributed by atoms with E-state index in [1.165, 1.54) is 7.11 Å². The molecule has 3 rings (SSSR count). The highest BCUT2D eigenvalue weighted by Gasteiger charge is 2.17. The van der Waals surface area contributed by atoms with Gasteiger partial charge in [0.15, 0.2) is 0 Å². The summed E-state index contributed by atoms with van der Waals surface area (Å²) in [6.07, 6.45) is 1.93. The number of rotatable bonds is 7. The monoisotopic (exact) mass is 407 g/mol. The number of benzene rings is 1. The quantitative estimate of drug-likeness (QED) is 0.458. The van der Waals surface area contributed by atoms with Gasteiger partial charge in [-0.2, -0.15) is 0 Å². The van der Waals surface area contributed by atoms with Crippen LogP contribution in [0.4, 0.5) is 0 Å². The maximum atomic E-state index is 12.4. The van der Waals surface area contributed by atoms with Crippen molar-refractivity contribution >= 4 is 29.3 Å². The van der Waals surface area contributed by atoms with E-state index < -0.39 is 5.63 Å². The van der Waals surface area contributed by atoms with Gasteiger partial charge in [0.2, 0.25) is 0 Å². The van der Waals surface area contributed by atoms with E-state index in [4.69, 9.17) is 8.83 Å². The molecule has 3 aromatic rings. The Morgan fingerprint density at radius 1 is 1.21 bits per heavy atom. The maximum Gasteiger partial charge on any atom is 0.339 e. The molecular formula is C20H22ClNO6. The summed E-state index contributed by atoms with van der Waals surface area (Å²) in [4.78, 5) is 23.8. The largest absolute Gasteiger partial charge is 0.507 e. The van der Waals surface area contributed by atoms with Crippen molar-refractivity contribution < 1.29 is 23.5 Å². The number of methoxy groups -OCH3 is 1. The third-order valence-electron chi connectivity index (χ3n) is 4.52. The lowest BCUT2D eigenvalue weighted by molar-refractivity contribution is -0.140. The highest BCUT2D eigenvalue weighted by Crippen LogP contribution is 2.29. The number of halogens is 1. The zero-order valence-electron chi connectivity index (χ0n) is 15.6. The molecule has 0 spiro atoms. The SMILES string of the molecule is COC(=O)CCc1c(C)c2ccc(O)c(CNCc3ccco3)c2oc1=O.Cl. The number of fused-ring (bicyclic) bond motifs is 1. The van der Waals surface area contributed by atoms with Crippen molar-refractivity contribution in [1.82, 2.24) is 5.32 Å². The number of phenols is 1. The van der Waals surface area contributed by atoms with Crippen LogP contribution in [-0.2, 0) is 29.0 Å². The summed E-state index contributed by atoms with van der Waals surface area (Å²) in [7, 11) is 1.31. The van der Waals surface area contributed by atoms with Crippen LogP contribution in [0.15, 0.2) is 44.2 Å². The molecule has 2 heterocycles. The summed E-state index contributed by atoms with van der Waals surface area (Å²) >= 11 is 0. The molecule has 0 unspecified atom stereocenters. The summed E-state index contributed by atoms with van der Waals surface area (Å²) in [6.45, 7) is 2.58. The molecule has 2 N–H and O–H groups in total. The second-order valence-electron chi connectivity index (χ2n) is 6.19. The van der Waals surface area contributed by atoms with Crippen LogP contribution in [0.2, 0.25) is 0 Å². The van der Waals surface area contributed by atoms with Gasteiger partial charge < -0.3 is 24.0 Å². The molecule has 0 aliphatic rings. The standard InChI is InChI=1S/C20H21NO6.ClH/c1-12-14-5-7-17(22)16(11-21-10-13-4-3-9-26-13)19(14)27-20(24)15(12)6-8-18(23)25-2;/h3-5,7,9,21-22H,6,8,10-11H2,1-2H3;1H. The smallest absolute Gasteiger partial charge is 0.339 e. The summed E-state index contributed by atoms with van der Waals surface area (Å²) in [5.74, 6) is 0.416. The van der Waals surface area contributed by atoms with E-state index in [1.54, 1.807) is 24.5 Å². The van der Waals surface area contributed by atoms with Crippen molar-refractivity contribution in [2.45, 2.75) is 32.9 Å². The molecule has 0 atom stereocenters. The van der Waals surface area contributed by atoms with Crippen LogP contribution < -0.4 is 10.9 Å². The third kappa shape index (κ3) is 4.55. The topological polar surface area (TPSA) is 102 Å². The molecule has 0 aliphatic heterocycles. The van der Waals surface area contributed by atoms with E-state index in [0.29, 0.717) is 29.8 Å². The van der Waals surface area contributed by atoms with Crippen molar-refractivity contribution in [1.29, 1.82) is 0 Å². The molecular weight excluding hydrogens is 386 g/mol. The number of furan rings is 1. The number of aromatic hydroxyl groups is 1. The zero-order valence-corrected chi connectivity index (χ0v) is 16.4. The Kier molecular flexibility index (Phi) is 7.25. The molecule has 0 saturated carbocycles. The van der Waals surface area contributed by atoms with Crippen LogP contribution in [0.1, 0.15) is 28.9 Å². The Morgan fingerprint density at radius 2 is 2.00 bits per heavy atom. The van der Waals surface area contributed by atoms with Crippen molar-refractivity contribution in [2.75, 3.05) is 7.11 Å². The number of carbonyl (C=O) groups excluding carboxylic acids is 1. The predicted octanol–water partition coefficient (Wildman–Crippen LogP) is 3.22. The molecule has 28 heavy (non-hydrogen) atoms. The average molecular weight is 408 g/mol. The number of hydrogen-bond acceptors (Lipinski definition) is 7. The van der Waals surface area contributed by atoms with Gasteiger partial charge in [0.1, 0.15) is 17.1 Å². The van der Waals surface area contributed by atoms with Crippen LogP contribution in [0.3, 0.4) is 0 Å². The zero-order chi connectivity index (χ0) is 19.4.